The van der Waals surface area contributed by atoms with E-state index in [4.69, 9.17) is 4.43 Å². The zero-order valence-electron chi connectivity index (χ0n) is 17.7. The molecule has 1 amide bonds. The summed E-state index contributed by atoms with van der Waals surface area (Å²) in [5, 5.41) is 2.60. The average molecular weight is 406 g/mol. The largest absolute Gasteiger partial charge is 0.405 e. The number of carbonyl (C=O) groups is 1. The summed E-state index contributed by atoms with van der Waals surface area (Å²) < 4.78 is 7.12. The SMILES string of the molecule is CC(C)(C)[Si](OC[C@H]1C[C@@H]2C[C@@]23CCC(=O)N13)(c1ccccc1)c1ccccc1. The van der Waals surface area contributed by atoms with Gasteiger partial charge in [-0.3, -0.25) is 4.79 Å². The van der Waals surface area contributed by atoms with E-state index in [9.17, 15) is 4.79 Å². The summed E-state index contributed by atoms with van der Waals surface area (Å²) in [5.41, 5.74) is 0.205. The molecule has 0 bridgehead atoms. The number of hydrogen-bond acceptors (Lipinski definition) is 2. The molecule has 5 rings (SSSR count). The molecule has 0 N–H and O–H groups in total. The van der Waals surface area contributed by atoms with Gasteiger partial charge in [-0.05, 0) is 40.6 Å². The predicted octanol–water partition coefficient (Wildman–Crippen LogP) is 3.72. The van der Waals surface area contributed by atoms with Crippen LogP contribution >= 0.6 is 0 Å². The number of benzene rings is 2. The molecule has 29 heavy (non-hydrogen) atoms. The number of rotatable bonds is 5. The highest BCUT2D eigenvalue weighted by Gasteiger charge is 2.69. The van der Waals surface area contributed by atoms with Crippen molar-refractivity contribution in [1.82, 2.24) is 4.90 Å². The van der Waals surface area contributed by atoms with Crippen LogP contribution in [-0.2, 0) is 9.22 Å². The van der Waals surface area contributed by atoms with E-state index in [0.29, 0.717) is 18.4 Å². The van der Waals surface area contributed by atoms with Crippen molar-refractivity contribution in [2.75, 3.05) is 6.61 Å². The minimum absolute atomic E-state index is 0.0239. The van der Waals surface area contributed by atoms with Gasteiger partial charge in [-0.15, -0.1) is 0 Å². The second-order valence-corrected chi connectivity index (χ2v) is 14.4. The number of amides is 1. The van der Waals surface area contributed by atoms with E-state index in [0.717, 1.165) is 19.3 Å². The Morgan fingerprint density at radius 2 is 1.62 bits per heavy atom. The standard InChI is InChI=1S/C25H31NO2Si/c1-24(2,3)29(21-10-6-4-7-11-21,22-12-8-5-9-13-22)28-18-20-16-19-17-25(19)15-14-23(27)26(20)25/h4-13,19-20H,14-18H2,1-3H3/t19-,20-,25+/m1/s1. The maximum absolute atomic E-state index is 12.6. The molecule has 0 radical (unpaired) electrons. The lowest BCUT2D eigenvalue weighted by Gasteiger charge is -2.44. The third-order valence-corrected chi connectivity index (χ3v) is 12.6. The van der Waals surface area contributed by atoms with E-state index in [-0.39, 0.29) is 16.6 Å². The van der Waals surface area contributed by atoms with Crippen molar-refractivity contribution in [1.29, 1.82) is 0 Å². The monoisotopic (exact) mass is 405 g/mol. The minimum atomic E-state index is -2.53. The smallest absolute Gasteiger partial charge is 0.261 e. The molecule has 152 valence electrons. The molecule has 2 aliphatic heterocycles. The highest BCUT2D eigenvalue weighted by Crippen LogP contribution is 2.63. The molecule has 0 aromatic heterocycles. The van der Waals surface area contributed by atoms with Crippen molar-refractivity contribution in [3.63, 3.8) is 0 Å². The summed E-state index contributed by atoms with van der Waals surface area (Å²) in [7, 11) is -2.53. The maximum Gasteiger partial charge on any atom is 0.261 e. The van der Waals surface area contributed by atoms with Gasteiger partial charge < -0.3 is 9.33 Å². The second kappa shape index (κ2) is 6.54. The van der Waals surface area contributed by atoms with Crippen molar-refractivity contribution in [3.8, 4) is 0 Å². The van der Waals surface area contributed by atoms with Crippen LogP contribution < -0.4 is 10.4 Å². The van der Waals surface area contributed by atoms with Crippen molar-refractivity contribution in [3.05, 3.63) is 60.7 Å². The fourth-order valence-corrected chi connectivity index (χ4v) is 10.8. The van der Waals surface area contributed by atoms with Crippen LogP contribution in [0.5, 0.6) is 0 Å². The Morgan fingerprint density at radius 1 is 1.03 bits per heavy atom. The minimum Gasteiger partial charge on any atom is -0.405 e. The molecule has 1 aliphatic carbocycles. The predicted molar refractivity (Wildman–Crippen MR) is 119 cm³/mol. The zero-order chi connectivity index (χ0) is 20.3. The fourth-order valence-electron chi connectivity index (χ4n) is 6.21. The lowest BCUT2D eigenvalue weighted by molar-refractivity contribution is -0.131. The molecule has 2 saturated heterocycles. The Bertz CT molecular complexity index is 868. The molecule has 3 aliphatic rings. The third-order valence-electron chi connectivity index (χ3n) is 7.55. The molecule has 2 aromatic carbocycles. The van der Waals surface area contributed by atoms with Crippen LogP contribution in [-0.4, -0.2) is 37.3 Å². The summed E-state index contributed by atoms with van der Waals surface area (Å²) in [4.78, 5) is 14.9. The first kappa shape index (κ1) is 19.1. The summed E-state index contributed by atoms with van der Waals surface area (Å²) in [6, 6.07) is 21.8. The Kier molecular flexibility index (Phi) is 4.30. The van der Waals surface area contributed by atoms with Crippen molar-refractivity contribution < 1.29 is 9.22 Å². The van der Waals surface area contributed by atoms with Gasteiger partial charge in [0.2, 0.25) is 5.91 Å². The number of hydrogen-bond donors (Lipinski definition) is 0. The zero-order valence-corrected chi connectivity index (χ0v) is 18.7. The van der Waals surface area contributed by atoms with Gasteiger partial charge in [-0.25, -0.2) is 0 Å². The number of nitrogens with zero attached hydrogens (tertiary/aromatic N) is 1. The molecule has 0 unspecified atom stereocenters. The first-order valence-electron chi connectivity index (χ1n) is 11.0. The van der Waals surface area contributed by atoms with E-state index >= 15 is 0 Å². The summed E-state index contributed by atoms with van der Waals surface area (Å²) >= 11 is 0. The third kappa shape index (κ3) is 2.76. The summed E-state index contributed by atoms with van der Waals surface area (Å²) in [6.07, 6.45) is 4.12. The van der Waals surface area contributed by atoms with Gasteiger partial charge >= 0.3 is 0 Å². The second-order valence-electron chi connectivity index (χ2n) is 10.1. The molecule has 1 saturated carbocycles. The van der Waals surface area contributed by atoms with E-state index in [1.807, 2.05) is 0 Å². The summed E-state index contributed by atoms with van der Waals surface area (Å²) in [5.74, 6) is 1.06. The van der Waals surface area contributed by atoms with Gasteiger partial charge in [0.05, 0.1) is 12.6 Å². The van der Waals surface area contributed by atoms with Gasteiger partial charge in [0.1, 0.15) is 0 Å². The van der Waals surface area contributed by atoms with Crippen LogP contribution in [0.15, 0.2) is 60.7 Å². The van der Waals surface area contributed by atoms with E-state index in [1.165, 1.54) is 16.8 Å². The van der Waals surface area contributed by atoms with E-state index < -0.39 is 8.32 Å². The van der Waals surface area contributed by atoms with Crippen molar-refractivity contribution >= 4 is 24.6 Å². The molecule has 2 heterocycles. The topological polar surface area (TPSA) is 29.5 Å². The van der Waals surface area contributed by atoms with E-state index in [1.54, 1.807) is 0 Å². The highest BCUT2D eigenvalue weighted by molar-refractivity contribution is 6.99. The Balaban J connectivity index is 1.52. The molecule has 4 heteroatoms. The van der Waals surface area contributed by atoms with Crippen LogP contribution in [0, 0.1) is 5.92 Å². The quantitative estimate of drug-likeness (QED) is 0.710. The van der Waals surface area contributed by atoms with Gasteiger partial charge in [-0.2, -0.15) is 0 Å². The Hall–Kier alpha value is -1.91. The van der Waals surface area contributed by atoms with Crippen LogP contribution in [0.1, 0.15) is 46.5 Å². The molecule has 2 aromatic rings. The first-order valence-corrected chi connectivity index (χ1v) is 12.9. The normalized spacial score (nSPS) is 28.4. The van der Waals surface area contributed by atoms with Gasteiger partial charge in [-0.1, -0.05) is 81.4 Å². The van der Waals surface area contributed by atoms with Crippen LogP contribution in [0.25, 0.3) is 0 Å². The van der Waals surface area contributed by atoms with Crippen LogP contribution in [0.4, 0.5) is 0 Å². The molecule has 3 atom stereocenters. The van der Waals surface area contributed by atoms with Crippen LogP contribution in [0.2, 0.25) is 5.04 Å². The highest BCUT2D eigenvalue weighted by atomic mass is 28.4. The lowest BCUT2D eigenvalue weighted by Crippen LogP contribution is -2.67. The summed E-state index contributed by atoms with van der Waals surface area (Å²) in [6.45, 7) is 7.59. The molecular weight excluding hydrogens is 374 g/mol. The van der Waals surface area contributed by atoms with E-state index in [2.05, 4.69) is 86.3 Å². The van der Waals surface area contributed by atoms with Gasteiger partial charge in [0.25, 0.3) is 8.32 Å². The van der Waals surface area contributed by atoms with Crippen LogP contribution in [0.3, 0.4) is 0 Å². The van der Waals surface area contributed by atoms with Crippen molar-refractivity contribution in [2.45, 2.75) is 63.1 Å². The van der Waals surface area contributed by atoms with Gasteiger partial charge in [0.15, 0.2) is 0 Å². The number of piperidine rings is 1. The fraction of sp³-hybridized carbons (Fsp3) is 0.480. The molecular formula is C25H31NO2Si. The van der Waals surface area contributed by atoms with Gasteiger partial charge in [0, 0.05) is 12.0 Å². The molecule has 3 nitrogen and oxygen atoms in total. The number of carbonyl (C=O) groups excluding carboxylic acids is 1. The molecule has 3 fully saturated rings. The molecule has 1 spiro atoms. The van der Waals surface area contributed by atoms with Crippen molar-refractivity contribution in [2.24, 2.45) is 5.92 Å². The first-order chi connectivity index (χ1) is 13.9. The Labute approximate surface area is 175 Å². The Morgan fingerprint density at radius 3 is 2.17 bits per heavy atom. The maximum atomic E-state index is 12.6. The average Bonchev–Trinajstić information content (AvgIpc) is 3.14. The lowest BCUT2D eigenvalue weighted by atomic mass is 10.1.